The van der Waals surface area contributed by atoms with Gasteiger partial charge in [0.25, 0.3) is 0 Å². The SMILES string of the molecule is C=C(c1ccc2c(ccn2CC)c1)c1cc(C)nc2ccccc12. The summed E-state index contributed by atoms with van der Waals surface area (Å²) in [6, 6.07) is 19.2. The minimum Gasteiger partial charge on any atom is -0.348 e. The van der Waals surface area contributed by atoms with E-state index in [9.17, 15) is 0 Å². The highest BCUT2D eigenvalue weighted by atomic mass is 14.9. The lowest BCUT2D eigenvalue weighted by atomic mass is 9.95. The van der Waals surface area contributed by atoms with Gasteiger partial charge in [-0.2, -0.15) is 0 Å². The molecule has 0 atom stereocenters. The minimum atomic E-state index is 0.984. The molecule has 2 aromatic carbocycles. The number of hydrogen-bond acceptors (Lipinski definition) is 1. The highest BCUT2D eigenvalue weighted by Gasteiger charge is 2.10. The van der Waals surface area contributed by atoms with Crippen LogP contribution in [-0.2, 0) is 6.54 Å². The highest BCUT2D eigenvalue weighted by molar-refractivity contribution is 5.97. The molecule has 4 aromatic rings. The summed E-state index contributed by atoms with van der Waals surface area (Å²) in [6.45, 7) is 9.57. The van der Waals surface area contributed by atoms with Crippen LogP contribution >= 0.6 is 0 Å². The molecule has 2 heteroatoms. The molecule has 0 amide bonds. The maximum absolute atomic E-state index is 4.63. The Morgan fingerprint density at radius 1 is 1.08 bits per heavy atom. The fourth-order valence-electron chi connectivity index (χ4n) is 3.38. The number of rotatable bonds is 3. The maximum atomic E-state index is 4.63. The van der Waals surface area contributed by atoms with E-state index in [0.717, 1.165) is 39.8 Å². The number of para-hydroxylation sites is 1. The molecule has 2 nitrogen and oxygen atoms in total. The molecule has 0 aliphatic rings. The lowest BCUT2D eigenvalue weighted by Crippen LogP contribution is -1.94. The van der Waals surface area contributed by atoms with Gasteiger partial charge in [0.1, 0.15) is 0 Å². The molecule has 0 bridgehead atoms. The van der Waals surface area contributed by atoms with E-state index in [1.165, 1.54) is 10.9 Å². The molecule has 4 rings (SSSR count). The fraction of sp³-hybridized carbons (Fsp3) is 0.136. The van der Waals surface area contributed by atoms with Gasteiger partial charge < -0.3 is 4.57 Å². The van der Waals surface area contributed by atoms with Crippen molar-refractivity contribution >= 4 is 27.4 Å². The van der Waals surface area contributed by atoms with Crippen LogP contribution in [0.4, 0.5) is 0 Å². The van der Waals surface area contributed by atoms with E-state index in [0.29, 0.717) is 0 Å². The molecule has 0 aliphatic heterocycles. The quantitative estimate of drug-likeness (QED) is 0.483. The number of aryl methyl sites for hydroxylation is 2. The number of nitrogens with zero attached hydrogens (tertiary/aromatic N) is 2. The summed E-state index contributed by atoms with van der Waals surface area (Å²) in [5.74, 6) is 0. The summed E-state index contributed by atoms with van der Waals surface area (Å²) in [5, 5.41) is 2.41. The van der Waals surface area contributed by atoms with Gasteiger partial charge in [-0.15, -0.1) is 0 Å². The first-order valence-electron chi connectivity index (χ1n) is 8.32. The number of aromatic nitrogens is 2. The van der Waals surface area contributed by atoms with Crippen LogP contribution in [0.1, 0.15) is 23.7 Å². The molecular weight excluding hydrogens is 292 g/mol. The van der Waals surface area contributed by atoms with Crippen LogP contribution < -0.4 is 0 Å². The number of pyridine rings is 1. The van der Waals surface area contributed by atoms with Gasteiger partial charge in [-0.1, -0.05) is 30.8 Å². The third-order valence-corrected chi connectivity index (χ3v) is 4.63. The predicted octanol–water partition coefficient (Wildman–Crippen LogP) is 5.58. The summed E-state index contributed by atoms with van der Waals surface area (Å²) in [4.78, 5) is 4.63. The van der Waals surface area contributed by atoms with Gasteiger partial charge in [-0.3, -0.25) is 4.98 Å². The van der Waals surface area contributed by atoms with Crippen molar-refractivity contribution in [3.05, 3.63) is 84.2 Å². The van der Waals surface area contributed by atoms with Gasteiger partial charge in [0.05, 0.1) is 5.52 Å². The lowest BCUT2D eigenvalue weighted by molar-refractivity contribution is 0.797. The second-order valence-corrected chi connectivity index (χ2v) is 6.18. The van der Waals surface area contributed by atoms with Gasteiger partial charge in [0.2, 0.25) is 0 Å². The van der Waals surface area contributed by atoms with Crippen LogP contribution in [0, 0.1) is 6.92 Å². The topological polar surface area (TPSA) is 17.8 Å². The van der Waals surface area contributed by atoms with Crippen LogP contribution in [0.5, 0.6) is 0 Å². The van der Waals surface area contributed by atoms with E-state index < -0.39 is 0 Å². The van der Waals surface area contributed by atoms with Crippen LogP contribution in [0.15, 0.2) is 67.4 Å². The Bertz CT molecular complexity index is 1070. The first-order valence-corrected chi connectivity index (χ1v) is 8.32. The first kappa shape index (κ1) is 14.7. The predicted molar refractivity (Wildman–Crippen MR) is 102 cm³/mol. The number of hydrogen-bond donors (Lipinski definition) is 0. The van der Waals surface area contributed by atoms with Gasteiger partial charge in [-0.05, 0) is 60.9 Å². The summed E-state index contributed by atoms with van der Waals surface area (Å²) in [6.07, 6.45) is 2.14. The first-order chi connectivity index (χ1) is 11.7. The highest BCUT2D eigenvalue weighted by Crippen LogP contribution is 2.30. The van der Waals surface area contributed by atoms with E-state index in [4.69, 9.17) is 0 Å². The van der Waals surface area contributed by atoms with Crippen molar-refractivity contribution < 1.29 is 0 Å². The molecule has 2 heterocycles. The summed E-state index contributed by atoms with van der Waals surface area (Å²) in [5.41, 5.74) is 6.67. The average molecular weight is 312 g/mol. The van der Waals surface area contributed by atoms with E-state index in [1.807, 2.05) is 13.0 Å². The molecule has 0 radical (unpaired) electrons. The fourth-order valence-corrected chi connectivity index (χ4v) is 3.38. The van der Waals surface area contributed by atoms with Gasteiger partial charge in [0.15, 0.2) is 0 Å². The van der Waals surface area contributed by atoms with Crippen molar-refractivity contribution in [3.63, 3.8) is 0 Å². The Kier molecular flexibility index (Phi) is 3.46. The zero-order chi connectivity index (χ0) is 16.7. The van der Waals surface area contributed by atoms with E-state index in [1.54, 1.807) is 0 Å². The molecule has 24 heavy (non-hydrogen) atoms. The molecule has 0 unspecified atom stereocenters. The Balaban J connectivity index is 1.87. The number of benzene rings is 2. The van der Waals surface area contributed by atoms with Crippen LogP contribution in [0.3, 0.4) is 0 Å². The maximum Gasteiger partial charge on any atom is 0.0711 e. The zero-order valence-electron chi connectivity index (χ0n) is 14.1. The van der Waals surface area contributed by atoms with Crippen molar-refractivity contribution in [2.45, 2.75) is 20.4 Å². The van der Waals surface area contributed by atoms with Gasteiger partial charge in [-0.25, -0.2) is 0 Å². The number of fused-ring (bicyclic) bond motifs is 2. The van der Waals surface area contributed by atoms with Crippen LogP contribution in [0.2, 0.25) is 0 Å². The Hall–Kier alpha value is -2.87. The largest absolute Gasteiger partial charge is 0.348 e. The van der Waals surface area contributed by atoms with Crippen molar-refractivity contribution in [2.24, 2.45) is 0 Å². The zero-order valence-corrected chi connectivity index (χ0v) is 14.1. The molecule has 0 saturated heterocycles. The van der Waals surface area contributed by atoms with Gasteiger partial charge >= 0.3 is 0 Å². The van der Waals surface area contributed by atoms with E-state index >= 15 is 0 Å². The van der Waals surface area contributed by atoms with E-state index in [2.05, 4.69) is 77.8 Å². The lowest BCUT2D eigenvalue weighted by Gasteiger charge is -2.12. The van der Waals surface area contributed by atoms with Crippen molar-refractivity contribution in [2.75, 3.05) is 0 Å². The molecule has 0 saturated carbocycles. The monoisotopic (exact) mass is 312 g/mol. The summed E-state index contributed by atoms with van der Waals surface area (Å²) in [7, 11) is 0. The third kappa shape index (κ3) is 2.31. The third-order valence-electron chi connectivity index (χ3n) is 4.63. The normalized spacial score (nSPS) is 11.2. The second-order valence-electron chi connectivity index (χ2n) is 6.18. The Morgan fingerprint density at radius 3 is 2.75 bits per heavy atom. The molecular formula is C22H20N2. The Morgan fingerprint density at radius 2 is 1.92 bits per heavy atom. The molecule has 2 aromatic heterocycles. The molecule has 0 fully saturated rings. The Labute approximate surface area is 142 Å². The minimum absolute atomic E-state index is 0.984. The van der Waals surface area contributed by atoms with Crippen molar-refractivity contribution in [1.82, 2.24) is 9.55 Å². The second kappa shape index (κ2) is 5.64. The summed E-state index contributed by atoms with van der Waals surface area (Å²) >= 11 is 0. The smallest absolute Gasteiger partial charge is 0.0711 e. The standard InChI is InChI=1S/C22H20N2/c1-4-24-12-11-18-14-17(9-10-22(18)24)16(3)20-13-15(2)23-21-8-6-5-7-19(20)21/h5-14H,3-4H2,1-2H3. The van der Waals surface area contributed by atoms with Crippen molar-refractivity contribution in [3.8, 4) is 0 Å². The molecule has 0 aliphatic carbocycles. The molecule has 0 spiro atoms. The van der Waals surface area contributed by atoms with Crippen molar-refractivity contribution in [1.29, 1.82) is 0 Å². The molecule has 118 valence electrons. The average Bonchev–Trinajstić information content (AvgIpc) is 3.02. The van der Waals surface area contributed by atoms with Gasteiger partial charge in [0, 0.05) is 34.7 Å². The van der Waals surface area contributed by atoms with Crippen LogP contribution in [-0.4, -0.2) is 9.55 Å². The van der Waals surface area contributed by atoms with E-state index in [-0.39, 0.29) is 0 Å². The summed E-state index contributed by atoms with van der Waals surface area (Å²) < 4.78 is 2.26. The van der Waals surface area contributed by atoms with Crippen LogP contribution in [0.25, 0.3) is 27.4 Å². The molecule has 0 N–H and O–H groups in total.